The lowest BCUT2D eigenvalue weighted by Gasteiger charge is -2.28. The van der Waals surface area contributed by atoms with Crippen molar-refractivity contribution in [1.82, 2.24) is 9.80 Å². The summed E-state index contributed by atoms with van der Waals surface area (Å²) in [7, 11) is 1.45. The number of carboxylic acid groups (broad SMARTS) is 1. The van der Waals surface area contributed by atoms with Crippen molar-refractivity contribution < 1.29 is 24.2 Å². The lowest BCUT2D eigenvalue weighted by molar-refractivity contribution is -0.137. The fourth-order valence-electron chi connectivity index (χ4n) is 2.40. The fourth-order valence-corrected chi connectivity index (χ4v) is 6.51. The van der Waals surface area contributed by atoms with Crippen molar-refractivity contribution in [3.8, 4) is 0 Å². The summed E-state index contributed by atoms with van der Waals surface area (Å²) >= 11 is 8.28. The first kappa shape index (κ1) is 22.8. The van der Waals surface area contributed by atoms with Crippen molar-refractivity contribution in [2.24, 2.45) is 0 Å². The Morgan fingerprint density at radius 3 is 1.92 bits per heavy atom. The molecule has 142 valence electrons. The molecule has 0 bridgehead atoms. The quantitative estimate of drug-likeness (QED) is 0.374. The first-order valence-electron chi connectivity index (χ1n) is 7.37. The number of ether oxygens (including phenoxy) is 1. The number of likely N-dealkylation sites (N-methyl/N-ethyl adjacent to an activating group) is 1. The zero-order chi connectivity index (χ0) is 19.6. The molecule has 1 saturated heterocycles. The molecule has 1 aliphatic rings. The van der Waals surface area contributed by atoms with Gasteiger partial charge in [-0.3, -0.25) is 14.4 Å². The Morgan fingerprint density at radius 1 is 1.00 bits per heavy atom. The van der Waals surface area contributed by atoms with Crippen LogP contribution < -0.4 is 0 Å². The molecule has 0 unspecified atom stereocenters. The minimum atomic E-state index is -1.07. The summed E-state index contributed by atoms with van der Waals surface area (Å²) in [5.41, 5.74) is 1.02. The lowest BCUT2D eigenvalue weighted by atomic mass is 10.1. The zero-order valence-electron chi connectivity index (χ0n) is 13.5. The van der Waals surface area contributed by atoms with Crippen LogP contribution in [0.1, 0.15) is 20.7 Å². The van der Waals surface area contributed by atoms with E-state index in [2.05, 4.69) is 90.4 Å². The van der Waals surface area contributed by atoms with Crippen LogP contribution in [0.15, 0.2) is 0 Å². The van der Waals surface area contributed by atoms with Gasteiger partial charge in [0.25, 0.3) is 11.8 Å². The number of halogens is 4. The number of nitrogens with zero attached hydrogens (tertiary/aromatic N) is 2. The van der Waals surface area contributed by atoms with Gasteiger partial charge in [0.2, 0.25) is 0 Å². The standard InChI is InChI=1S/C15H14I4N2O5/c1-20(6-7(22)23)14(24)8-10(16)12(18)9(13(19)11(8)17)15(25)21-2-4-26-5-3-21/h2-6H2,1H3,(H,22,23). The topological polar surface area (TPSA) is 87.2 Å². The molecule has 1 aromatic rings. The molecule has 0 spiro atoms. The summed E-state index contributed by atoms with van der Waals surface area (Å²) < 4.78 is 8.03. The zero-order valence-corrected chi connectivity index (χ0v) is 22.2. The highest BCUT2D eigenvalue weighted by atomic mass is 127. The van der Waals surface area contributed by atoms with Crippen molar-refractivity contribution in [3.05, 3.63) is 25.4 Å². The van der Waals surface area contributed by atoms with Crippen LogP contribution >= 0.6 is 90.4 Å². The third kappa shape index (κ3) is 4.91. The molecule has 0 saturated carbocycles. The van der Waals surface area contributed by atoms with Crippen LogP contribution in [0.5, 0.6) is 0 Å². The minimum absolute atomic E-state index is 0.0733. The van der Waals surface area contributed by atoms with E-state index in [1.807, 2.05) is 0 Å². The lowest BCUT2D eigenvalue weighted by Crippen LogP contribution is -2.41. The minimum Gasteiger partial charge on any atom is -0.480 e. The van der Waals surface area contributed by atoms with Gasteiger partial charge in [-0.25, -0.2) is 0 Å². The number of rotatable bonds is 4. The number of aliphatic carboxylic acids is 1. The van der Waals surface area contributed by atoms with Gasteiger partial charge in [-0.1, -0.05) is 0 Å². The number of morpholine rings is 1. The highest BCUT2D eigenvalue weighted by Crippen LogP contribution is 2.34. The molecular weight excluding hydrogens is 796 g/mol. The number of carbonyl (C=O) groups is 3. The summed E-state index contributed by atoms with van der Waals surface area (Å²) in [6.07, 6.45) is 0. The molecule has 0 aromatic heterocycles. The average molecular weight is 810 g/mol. The fraction of sp³-hybridized carbons (Fsp3) is 0.400. The van der Waals surface area contributed by atoms with Crippen molar-refractivity contribution in [2.75, 3.05) is 39.9 Å². The Balaban J connectivity index is 2.48. The van der Waals surface area contributed by atoms with Gasteiger partial charge < -0.3 is 19.6 Å². The van der Waals surface area contributed by atoms with Crippen LogP contribution in [-0.4, -0.2) is 72.6 Å². The van der Waals surface area contributed by atoms with Gasteiger partial charge in [0.05, 0.1) is 24.3 Å². The number of carboxylic acids is 1. The molecule has 2 amide bonds. The van der Waals surface area contributed by atoms with Crippen molar-refractivity contribution in [1.29, 1.82) is 0 Å². The molecule has 1 fully saturated rings. The molecule has 1 aromatic carbocycles. The largest absolute Gasteiger partial charge is 0.480 e. The molecule has 2 rings (SSSR count). The SMILES string of the molecule is CN(CC(=O)O)C(=O)c1c(I)c(I)c(C(=O)N2CCOCC2)c(I)c1I. The molecule has 0 radical (unpaired) electrons. The molecule has 1 N–H and O–H groups in total. The number of hydrogen-bond acceptors (Lipinski definition) is 4. The van der Waals surface area contributed by atoms with E-state index in [1.54, 1.807) is 4.90 Å². The Morgan fingerprint density at radius 2 is 1.46 bits per heavy atom. The molecule has 7 nitrogen and oxygen atoms in total. The van der Waals surface area contributed by atoms with E-state index in [4.69, 9.17) is 9.84 Å². The third-order valence-electron chi connectivity index (χ3n) is 3.71. The third-order valence-corrected chi connectivity index (χ3v) is 10.1. The molecule has 0 aliphatic carbocycles. The van der Waals surface area contributed by atoms with E-state index in [0.29, 0.717) is 51.7 Å². The Hall–Kier alpha value is 0.510. The number of carbonyl (C=O) groups excluding carboxylic acids is 2. The van der Waals surface area contributed by atoms with E-state index in [-0.39, 0.29) is 18.4 Å². The molecule has 26 heavy (non-hydrogen) atoms. The van der Waals surface area contributed by atoms with Gasteiger partial charge in [-0.2, -0.15) is 0 Å². The van der Waals surface area contributed by atoms with Gasteiger partial charge >= 0.3 is 5.97 Å². The van der Waals surface area contributed by atoms with Crippen LogP contribution in [0.4, 0.5) is 0 Å². The molecular formula is C15H14I4N2O5. The van der Waals surface area contributed by atoms with Crippen molar-refractivity contribution in [2.45, 2.75) is 0 Å². The van der Waals surface area contributed by atoms with Crippen LogP contribution in [0, 0.1) is 14.3 Å². The molecule has 0 atom stereocenters. The maximum absolute atomic E-state index is 13.0. The number of amides is 2. The molecule has 1 heterocycles. The molecule has 1 aliphatic heterocycles. The smallest absolute Gasteiger partial charge is 0.323 e. The van der Waals surface area contributed by atoms with Gasteiger partial charge in [0, 0.05) is 34.4 Å². The van der Waals surface area contributed by atoms with Crippen molar-refractivity contribution >= 4 is 108 Å². The van der Waals surface area contributed by atoms with E-state index >= 15 is 0 Å². The maximum atomic E-state index is 13.0. The molecule has 11 heteroatoms. The van der Waals surface area contributed by atoms with Gasteiger partial charge in [0.1, 0.15) is 6.54 Å². The number of hydrogen-bond donors (Lipinski definition) is 1. The average Bonchev–Trinajstić information content (AvgIpc) is 2.60. The van der Waals surface area contributed by atoms with Gasteiger partial charge in [0.15, 0.2) is 0 Å². The van der Waals surface area contributed by atoms with Crippen LogP contribution in [0.3, 0.4) is 0 Å². The van der Waals surface area contributed by atoms with E-state index in [9.17, 15) is 14.4 Å². The predicted octanol–water partition coefficient (Wildman–Crippen LogP) is 2.73. The first-order valence-corrected chi connectivity index (χ1v) is 11.7. The van der Waals surface area contributed by atoms with Crippen LogP contribution in [0.25, 0.3) is 0 Å². The Labute approximate surface area is 205 Å². The summed E-state index contributed by atoms with van der Waals surface area (Å²) in [4.78, 5) is 39.6. The predicted molar refractivity (Wildman–Crippen MR) is 129 cm³/mol. The maximum Gasteiger partial charge on any atom is 0.323 e. The summed E-state index contributed by atoms with van der Waals surface area (Å²) in [6.45, 7) is 1.74. The second-order valence-corrected chi connectivity index (χ2v) is 9.78. The van der Waals surface area contributed by atoms with Crippen molar-refractivity contribution in [3.63, 3.8) is 0 Å². The van der Waals surface area contributed by atoms with Gasteiger partial charge in [-0.15, -0.1) is 0 Å². The monoisotopic (exact) mass is 810 g/mol. The number of benzene rings is 1. The highest BCUT2D eigenvalue weighted by molar-refractivity contribution is 14.1. The Kier molecular flexibility index (Phi) is 8.61. The highest BCUT2D eigenvalue weighted by Gasteiger charge is 2.30. The second-order valence-electron chi connectivity index (χ2n) is 5.47. The summed E-state index contributed by atoms with van der Waals surface area (Å²) in [6, 6.07) is 0. The van der Waals surface area contributed by atoms with Crippen LogP contribution in [0.2, 0.25) is 0 Å². The van der Waals surface area contributed by atoms with Crippen LogP contribution in [-0.2, 0) is 9.53 Å². The second kappa shape index (κ2) is 9.82. The summed E-state index contributed by atoms with van der Waals surface area (Å²) in [5, 5.41) is 8.93. The van der Waals surface area contributed by atoms with E-state index in [0.717, 1.165) is 4.90 Å². The Bertz CT molecular complexity index is 736. The van der Waals surface area contributed by atoms with E-state index < -0.39 is 5.97 Å². The van der Waals surface area contributed by atoms with Gasteiger partial charge in [-0.05, 0) is 90.4 Å². The normalized spacial score (nSPS) is 14.3. The first-order chi connectivity index (χ1) is 12.2. The van der Waals surface area contributed by atoms with E-state index in [1.165, 1.54) is 7.05 Å². The summed E-state index contributed by atoms with van der Waals surface area (Å²) in [5.74, 6) is -1.52.